The maximum Gasteiger partial charge on any atom is 0.269 e. The van der Waals surface area contributed by atoms with E-state index >= 15 is 0 Å². The minimum atomic E-state index is -3.72. The van der Waals surface area contributed by atoms with Gasteiger partial charge in [-0.1, -0.05) is 24.1 Å². The highest BCUT2D eigenvalue weighted by Gasteiger charge is 2.24. The van der Waals surface area contributed by atoms with E-state index in [1.54, 1.807) is 36.5 Å². The van der Waals surface area contributed by atoms with E-state index < -0.39 is 10.0 Å². The van der Waals surface area contributed by atoms with E-state index in [-0.39, 0.29) is 4.90 Å². The Morgan fingerprint density at radius 2 is 1.93 bits per heavy atom. The summed E-state index contributed by atoms with van der Waals surface area (Å²) in [5.74, 6) is 0.761. The van der Waals surface area contributed by atoms with E-state index in [0.29, 0.717) is 11.7 Å². The van der Waals surface area contributed by atoms with Gasteiger partial charge in [-0.25, -0.2) is 22.4 Å². The lowest BCUT2D eigenvalue weighted by molar-refractivity contribution is 0.567. The second-order valence-electron chi connectivity index (χ2n) is 7.33. The van der Waals surface area contributed by atoms with Crippen LogP contribution in [0.1, 0.15) is 24.8 Å². The third kappa shape index (κ3) is 3.38. The number of aromatic nitrogens is 3. The number of benzene rings is 1. The van der Waals surface area contributed by atoms with Crippen molar-refractivity contribution in [3.8, 4) is 0 Å². The zero-order valence-corrected chi connectivity index (χ0v) is 17.0. The molecule has 1 atom stereocenters. The van der Waals surface area contributed by atoms with Gasteiger partial charge in [0.25, 0.3) is 10.0 Å². The van der Waals surface area contributed by atoms with Crippen molar-refractivity contribution < 1.29 is 8.42 Å². The first-order valence-electron chi connectivity index (χ1n) is 9.56. The molecule has 4 rings (SSSR count). The molecular formula is C20H25N5O2S. The molecule has 148 valence electrons. The summed E-state index contributed by atoms with van der Waals surface area (Å²) in [6.45, 7) is 3.86. The van der Waals surface area contributed by atoms with Crippen LogP contribution in [-0.2, 0) is 10.0 Å². The number of rotatable bonds is 4. The zero-order valence-electron chi connectivity index (χ0n) is 16.2. The van der Waals surface area contributed by atoms with E-state index in [1.807, 2.05) is 14.0 Å². The Hall–Kier alpha value is -2.45. The minimum Gasteiger partial charge on any atom is -0.355 e. The van der Waals surface area contributed by atoms with Gasteiger partial charge in [0.15, 0.2) is 5.65 Å². The Morgan fingerprint density at radius 1 is 1.14 bits per heavy atom. The molecule has 3 heterocycles. The standard InChI is InChI=1S/C20H25N5O2S/c1-15-6-8-17(9-7-15)28(26,27)25-12-10-18-19(22-14-23-20(18)25)24(2)16-5-3-4-11-21-13-16/h6-10,12,14,16,21H,3-5,11,13H2,1-2H3. The number of hydrogen-bond donors (Lipinski definition) is 1. The molecule has 0 saturated carbocycles. The third-order valence-corrected chi connectivity index (χ3v) is 7.09. The average molecular weight is 400 g/mol. The Morgan fingerprint density at radius 3 is 2.71 bits per heavy atom. The van der Waals surface area contributed by atoms with Crippen molar-refractivity contribution in [3.63, 3.8) is 0 Å². The number of aryl methyl sites for hydroxylation is 1. The molecule has 1 aliphatic rings. The zero-order chi connectivity index (χ0) is 19.7. The van der Waals surface area contributed by atoms with E-state index in [0.717, 1.165) is 36.3 Å². The molecule has 0 aliphatic carbocycles. The van der Waals surface area contributed by atoms with Gasteiger partial charge in [-0.2, -0.15) is 0 Å². The quantitative estimate of drug-likeness (QED) is 0.726. The monoisotopic (exact) mass is 399 g/mol. The molecule has 28 heavy (non-hydrogen) atoms. The number of anilines is 1. The largest absolute Gasteiger partial charge is 0.355 e. The second-order valence-corrected chi connectivity index (χ2v) is 9.14. The number of nitrogens with one attached hydrogen (secondary N) is 1. The van der Waals surface area contributed by atoms with E-state index in [1.165, 1.54) is 23.1 Å². The normalized spacial score (nSPS) is 18.1. The van der Waals surface area contributed by atoms with Crippen LogP contribution >= 0.6 is 0 Å². The van der Waals surface area contributed by atoms with Gasteiger partial charge in [-0.3, -0.25) is 0 Å². The molecule has 1 unspecified atom stereocenters. The van der Waals surface area contributed by atoms with Crippen molar-refractivity contribution in [1.82, 2.24) is 19.3 Å². The first-order valence-corrected chi connectivity index (χ1v) is 11.0. The fourth-order valence-electron chi connectivity index (χ4n) is 3.72. The molecule has 0 amide bonds. The molecule has 1 saturated heterocycles. The summed E-state index contributed by atoms with van der Waals surface area (Å²) in [6.07, 6.45) is 6.43. The fourth-order valence-corrected chi connectivity index (χ4v) is 5.02. The molecule has 0 bridgehead atoms. The lowest BCUT2D eigenvalue weighted by atomic mass is 10.1. The first-order chi connectivity index (χ1) is 13.5. The fraction of sp³-hybridized carbons (Fsp3) is 0.400. The minimum absolute atomic E-state index is 0.247. The van der Waals surface area contributed by atoms with Crippen molar-refractivity contribution >= 4 is 26.9 Å². The topological polar surface area (TPSA) is 80.1 Å². The van der Waals surface area contributed by atoms with Crippen molar-refractivity contribution in [2.75, 3.05) is 25.0 Å². The number of likely N-dealkylation sites (N-methyl/N-ethyl adjacent to an activating group) is 1. The predicted octanol–water partition coefficient (Wildman–Crippen LogP) is 2.56. The molecule has 1 aliphatic heterocycles. The Labute approximate surface area is 165 Å². The van der Waals surface area contributed by atoms with Gasteiger partial charge >= 0.3 is 0 Å². The number of fused-ring (bicyclic) bond motifs is 1. The van der Waals surface area contributed by atoms with Gasteiger partial charge < -0.3 is 10.2 Å². The van der Waals surface area contributed by atoms with Gasteiger partial charge in [0.1, 0.15) is 12.1 Å². The molecular weight excluding hydrogens is 374 g/mol. The van der Waals surface area contributed by atoms with Gasteiger partial charge in [0.05, 0.1) is 10.3 Å². The maximum atomic E-state index is 13.1. The Bertz CT molecular complexity index is 1070. The van der Waals surface area contributed by atoms with Crippen molar-refractivity contribution in [2.24, 2.45) is 0 Å². The van der Waals surface area contributed by atoms with Crippen LogP contribution in [0.4, 0.5) is 5.82 Å². The van der Waals surface area contributed by atoms with Crippen LogP contribution in [-0.4, -0.2) is 48.5 Å². The SMILES string of the molecule is Cc1ccc(S(=O)(=O)n2ccc3c(N(C)C4CCCCNC4)ncnc32)cc1. The highest BCUT2D eigenvalue weighted by atomic mass is 32.2. The molecule has 1 aromatic carbocycles. The van der Waals surface area contributed by atoms with Crippen LogP contribution < -0.4 is 10.2 Å². The van der Waals surface area contributed by atoms with Crippen molar-refractivity contribution in [3.05, 3.63) is 48.4 Å². The molecule has 2 aromatic heterocycles. The summed E-state index contributed by atoms with van der Waals surface area (Å²) in [4.78, 5) is 11.2. The van der Waals surface area contributed by atoms with Crippen molar-refractivity contribution in [2.45, 2.75) is 37.1 Å². The summed E-state index contributed by atoms with van der Waals surface area (Å²) in [6, 6.07) is 8.95. The summed E-state index contributed by atoms with van der Waals surface area (Å²) in [5, 5.41) is 4.21. The molecule has 3 aromatic rings. The Kier molecular flexibility index (Phi) is 5.07. The van der Waals surface area contributed by atoms with E-state index in [2.05, 4.69) is 20.2 Å². The summed E-state index contributed by atoms with van der Waals surface area (Å²) in [5.41, 5.74) is 1.42. The molecule has 1 N–H and O–H groups in total. The summed E-state index contributed by atoms with van der Waals surface area (Å²) in [7, 11) is -1.70. The summed E-state index contributed by atoms with van der Waals surface area (Å²) >= 11 is 0. The lowest BCUT2D eigenvalue weighted by Crippen LogP contribution is -2.39. The number of nitrogens with zero attached hydrogens (tertiary/aromatic N) is 4. The van der Waals surface area contributed by atoms with Crippen molar-refractivity contribution in [1.29, 1.82) is 0 Å². The smallest absolute Gasteiger partial charge is 0.269 e. The maximum absolute atomic E-state index is 13.1. The molecule has 8 heteroatoms. The number of hydrogen-bond acceptors (Lipinski definition) is 6. The highest BCUT2D eigenvalue weighted by Crippen LogP contribution is 2.28. The van der Waals surface area contributed by atoms with Gasteiger partial charge in [-0.15, -0.1) is 0 Å². The van der Waals surface area contributed by atoms with Crippen LogP contribution in [0.3, 0.4) is 0 Å². The van der Waals surface area contributed by atoms with Gasteiger partial charge in [0, 0.05) is 25.8 Å². The molecule has 1 fully saturated rings. The van der Waals surface area contributed by atoms with Gasteiger partial charge in [-0.05, 0) is 44.5 Å². The average Bonchev–Trinajstić information content (AvgIpc) is 2.95. The van der Waals surface area contributed by atoms with E-state index in [4.69, 9.17) is 0 Å². The van der Waals surface area contributed by atoms with Gasteiger partial charge in [0.2, 0.25) is 0 Å². The van der Waals surface area contributed by atoms with Crippen LogP contribution in [0.5, 0.6) is 0 Å². The molecule has 0 radical (unpaired) electrons. The van der Waals surface area contributed by atoms with Crippen LogP contribution in [0, 0.1) is 6.92 Å². The molecule has 7 nitrogen and oxygen atoms in total. The summed E-state index contributed by atoms with van der Waals surface area (Å²) < 4.78 is 27.5. The van der Waals surface area contributed by atoms with Crippen LogP contribution in [0.15, 0.2) is 47.8 Å². The second kappa shape index (κ2) is 7.52. The first kappa shape index (κ1) is 18.9. The third-order valence-electron chi connectivity index (χ3n) is 5.41. The lowest BCUT2D eigenvalue weighted by Gasteiger charge is -2.28. The van der Waals surface area contributed by atoms with Crippen LogP contribution in [0.25, 0.3) is 11.0 Å². The molecule has 0 spiro atoms. The highest BCUT2D eigenvalue weighted by molar-refractivity contribution is 7.90. The predicted molar refractivity (Wildman–Crippen MR) is 110 cm³/mol. The van der Waals surface area contributed by atoms with E-state index in [9.17, 15) is 8.42 Å². The van der Waals surface area contributed by atoms with Crippen LogP contribution in [0.2, 0.25) is 0 Å². The Balaban J connectivity index is 1.75.